The molecule has 0 radical (unpaired) electrons. The fraction of sp³-hybridized carbons (Fsp3) is 0.211. The van der Waals surface area contributed by atoms with Gasteiger partial charge in [0.2, 0.25) is 0 Å². The number of aliphatic carboxylic acids is 1. The van der Waals surface area contributed by atoms with Crippen LogP contribution in [0.15, 0.2) is 39.7 Å². The Labute approximate surface area is 169 Å². The first-order chi connectivity index (χ1) is 13.3. The maximum atomic E-state index is 13.4. The number of halogens is 2. The summed E-state index contributed by atoms with van der Waals surface area (Å²) >= 11 is 6.85. The Morgan fingerprint density at radius 1 is 1.25 bits per heavy atom. The fourth-order valence-electron chi connectivity index (χ4n) is 2.63. The topological polar surface area (TPSA) is 87.8 Å². The molecular formula is C19H15ClFNO5S. The molecule has 0 saturated carbocycles. The van der Waals surface area contributed by atoms with Crippen LogP contribution in [0.2, 0.25) is 5.02 Å². The van der Waals surface area contributed by atoms with Gasteiger partial charge in [-0.05, 0) is 54.9 Å². The molecule has 1 fully saturated rings. The Morgan fingerprint density at radius 2 is 2.04 bits per heavy atom. The number of amides is 2. The predicted octanol–water partition coefficient (Wildman–Crippen LogP) is 5.03. The van der Waals surface area contributed by atoms with Gasteiger partial charge in [-0.25, -0.2) is 4.39 Å². The lowest BCUT2D eigenvalue weighted by atomic mass is 10.2. The molecule has 1 aliphatic heterocycles. The molecule has 1 N–H and O–H groups in total. The summed E-state index contributed by atoms with van der Waals surface area (Å²) in [4.78, 5) is 36.3. The number of carboxylic acids is 1. The largest absolute Gasteiger partial charge is 0.481 e. The minimum Gasteiger partial charge on any atom is -0.481 e. The summed E-state index contributed by atoms with van der Waals surface area (Å²) in [7, 11) is 0. The zero-order valence-corrected chi connectivity index (χ0v) is 16.1. The molecule has 0 unspecified atom stereocenters. The second-order valence-corrected chi connectivity index (χ2v) is 7.41. The van der Waals surface area contributed by atoms with Crippen LogP contribution in [-0.2, 0) is 9.59 Å². The van der Waals surface area contributed by atoms with E-state index in [2.05, 4.69) is 0 Å². The van der Waals surface area contributed by atoms with E-state index < -0.39 is 22.9 Å². The number of unbranched alkanes of at least 4 members (excludes halogenated alkanes) is 1. The molecule has 2 heterocycles. The smallest absolute Gasteiger partial charge is 0.303 e. The number of benzene rings is 1. The zero-order chi connectivity index (χ0) is 20.3. The van der Waals surface area contributed by atoms with Gasteiger partial charge in [-0.3, -0.25) is 19.3 Å². The van der Waals surface area contributed by atoms with Crippen molar-refractivity contribution in [2.24, 2.45) is 0 Å². The molecule has 0 bridgehead atoms. The van der Waals surface area contributed by atoms with Crippen LogP contribution in [0.4, 0.5) is 9.18 Å². The Bertz CT molecular complexity index is 971. The fourth-order valence-corrected chi connectivity index (χ4v) is 3.69. The highest BCUT2D eigenvalue weighted by atomic mass is 35.5. The van der Waals surface area contributed by atoms with E-state index in [1.165, 1.54) is 24.3 Å². The van der Waals surface area contributed by atoms with E-state index in [1.807, 2.05) is 0 Å². The minimum atomic E-state index is -0.916. The number of rotatable bonds is 7. The first kappa shape index (κ1) is 20.2. The number of imide groups is 1. The molecule has 0 atom stereocenters. The first-order valence-electron chi connectivity index (χ1n) is 8.37. The van der Waals surface area contributed by atoms with Gasteiger partial charge < -0.3 is 9.52 Å². The predicted molar refractivity (Wildman–Crippen MR) is 103 cm³/mol. The molecule has 0 spiro atoms. The van der Waals surface area contributed by atoms with Gasteiger partial charge in [0.05, 0.1) is 9.93 Å². The van der Waals surface area contributed by atoms with Crippen molar-refractivity contribution >= 4 is 46.6 Å². The van der Waals surface area contributed by atoms with Crippen molar-refractivity contribution in [2.75, 3.05) is 6.54 Å². The molecule has 0 aliphatic carbocycles. The molecule has 9 heteroatoms. The third kappa shape index (κ3) is 4.63. The summed E-state index contributed by atoms with van der Waals surface area (Å²) in [5.74, 6) is -1.16. The van der Waals surface area contributed by atoms with Crippen molar-refractivity contribution < 1.29 is 28.3 Å². The van der Waals surface area contributed by atoms with Gasteiger partial charge in [-0.1, -0.05) is 11.6 Å². The molecule has 28 heavy (non-hydrogen) atoms. The molecule has 2 amide bonds. The molecule has 1 saturated heterocycles. The average Bonchev–Trinajstić information content (AvgIpc) is 3.20. The third-order valence-corrected chi connectivity index (χ3v) is 5.23. The maximum Gasteiger partial charge on any atom is 0.303 e. The van der Waals surface area contributed by atoms with Crippen molar-refractivity contribution in [1.29, 1.82) is 0 Å². The van der Waals surface area contributed by atoms with Crippen LogP contribution >= 0.6 is 23.4 Å². The molecule has 146 valence electrons. The normalized spacial score (nSPS) is 15.6. The number of hydrogen-bond donors (Lipinski definition) is 1. The van der Waals surface area contributed by atoms with Crippen LogP contribution in [0.1, 0.15) is 25.0 Å². The quantitative estimate of drug-likeness (QED) is 0.496. The molecule has 1 aliphatic rings. The lowest BCUT2D eigenvalue weighted by Crippen LogP contribution is -2.29. The lowest BCUT2D eigenvalue weighted by molar-refractivity contribution is -0.137. The van der Waals surface area contributed by atoms with Crippen molar-refractivity contribution in [3.05, 3.63) is 51.8 Å². The van der Waals surface area contributed by atoms with Crippen LogP contribution in [-0.4, -0.2) is 33.7 Å². The Balaban J connectivity index is 1.71. The average molecular weight is 424 g/mol. The SMILES string of the molecule is O=C(O)CCCCN1C(=O)SC(=Cc2ccc(-c3cc(F)ccc3Cl)o2)C1=O. The van der Waals surface area contributed by atoms with Crippen molar-refractivity contribution in [3.63, 3.8) is 0 Å². The van der Waals surface area contributed by atoms with Crippen molar-refractivity contribution in [2.45, 2.75) is 19.3 Å². The van der Waals surface area contributed by atoms with Gasteiger partial charge in [0.1, 0.15) is 17.3 Å². The monoisotopic (exact) mass is 423 g/mol. The van der Waals surface area contributed by atoms with Crippen LogP contribution in [0.25, 0.3) is 17.4 Å². The van der Waals surface area contributed by atoms with E-state index in [0.717, 1.165) is 16.7 Å². The Hall–Kier alpha value is -2.58. The number of carboxylic acid groups (broad SMARTS) is 1. The molecule has 1 aromatic heterocycles. The molecule has 2 aromatic rings. The summed E-state index contributed by atoms with van der Waals surface area (Å²) in [6, 6.07) is 7.10. The van der Waals surface area contributed by atoms with E-state index >= 15 is 0 Å². The summed E-state index contributed by atoms with van der Waals surface area (Å²) in [6.07, 6.45) is 2.23. The van der Waals surface area contributed by atoms with Crippen molar-refractivity contribution in [1.82, 2.24) is 4.90 Å². The summed E-state index contributed by atoms with van der Waals surface area (Å²) in [6.45, 7) is 0.164. The third-order valence-electron chi connectivity index (χ3n) is 3.99. The summed E-state index contributed by atoms with van der Waals surface area (Å²) in [5, 5.41) is 8.54. The van der Waals surface area contributed by atoms with Gasteiger partial charge >= 0.3 is 5.97 Å². The highest BCUT2D eigenvalue weighted by Gasteiger charge is 2.34. The molecular weight excluding hydrogens is 409 g/mol. The second-order valence-electron chi connectivity index (χ2n) is 6.01. The Kier molecular flexibility index (Phi) is 6.21. The van der Waals surface area contributed by atoms with E-state index in [0.29, 0.717) is 34.9 Å². The lowest BCUT2D eigenvalue weighted by Gasteiger charge is -2.11. The summed E-state index contributed by atoms with van der Waals surface area (Å²) < 4.78 is 19.1. The number of nitrogens with zero attached hydrogens (tertiary/aromatic N) is 1. The number of thioether (sulfide) groups is 1. The van der Waals surface area contributed by atoms with Gasteiger partial charge in [0.15, 0.2) is 0 Å². The van der Waals surface area contributed by atoms with Gasteiger partial charge in [-0.2, -0.15) is 0 Å². The number of carbonyl (C=O) groups is 3. The number of hydrogen-bond acceptors (Lipinski definition) is 5. The maximum absolute atomic E-state index is 13.4. The minimum absolute atomic E-state index is 0.0100. The van der Waals surface area contributed by atoms with E-state index in [1.54, 1.807) is 12.1 Å². The molecule has 3 rings (SSSR count). The van der Waals surface area contributed by atoms with Gasteiger partial charge in [0.25, 0.3) is 11.1 Å². The van der Waals surface area contributed by atoms with Crippen LogP contribution in [0.3, 0.4) is 0 Å². The highest BCUT2D eigenvalue weighted by Crippen LogP contribution is 2.35. The zero-order valence-electron chi connectivity index (χ0n) is 14.5. The van der Waals surface area contributed by atoms with Crippen LogP contribution < -0.4 is 0 Å². The van der Waals surface area contributed by atoms with E-state index in [9.17, 15) is 18.8 Å². The standard InChI is InChI=1S/C19H15ClFNO5S/c20-14-6-4-11(21)9-13(14)15-7-5-12(27-15)10-16-18(25)22(19(26)28-16)8-2-1-3-17(23)24/h4-7,9-10H,1-3,8H2,(H,23,24). The van der Waals surface area contributed by atoms with E-state index in [-0.39, 0.29) is 17.9 Å². The summed E-state index contributed by atoms with van der Waals surface area (Å²) in [5.41, 5.74) is 0.382. The molecule has 6 nitrogen and oxygen atoms in total. The number of furan rings is 1. The number of carbonyl (C=O) groups excluding carboxylic acids is 2. The van der Waals surface area contributed by atoms with Crippen LogP contribution in [0, 0.1) is 5.82 Å². The van der Waals surface area contributed by atoms with Crippen molar-refractivity contribution in [3.8, 4) is 11.3 Å². The van der Waals surface area contributed by atoms with Gasteiger partial charge in [0, 0.05) is 24.6 Å². The molecule has 1 aromatic carbocycles. The highest BCUT2D eigenvalue weighted by molar-refractivity contribution is 8.18. The Morgan fingerprint density at radius 3 is 2.79 bits per heavy atom. The first-order valence-corrected chi connectivity index (χ1v) is 9.57. The van der Waals surface area contributed by atoms with Gasteiger partial charge in [-0.15, -0.1) is 0 Å². The second kappa shape index (κ2) is 8.62. The van der Waals surface area contributed by atoms with E-state index in [4.69, 9.17) is 21.1 Å². The van der Waals surface area contributed by atoms with Crippen LogP contribution in [0.5, 0.6) is 0 Å².